The Morgan fingerprint density at radius 3 is 2.40 bits per heavy atom. The third kappa shape index (κ3) is 6.66. The van der Waals surface area contributed by atoms with Gasteiger partial charge in [0.25, 0.3) is 0 Å². The Kier molecular flexibility index (Phi) is 7.25. The number of rotatable bonds is 6. The quantitative estimate of drug-likeness (QED) is 0.523. The molecule has 6 nitrogen and oxygen atoms in total. The Morgan fingerprint density at radius 2 is 1.84 bits per heavy atom. The minimum atomic E-state index is -3.15. The zero-order valence-electron chi connectivity index (χ0n) is 15.0. The Labute approximate surface area is 150 Å². The first kappa shape index (κ1) is 19.7. The Hall–Kier alpha value is -1.60. The molecule has 0 heterocycles. The summed E-state index contributed by atoms with van der Waals surface area (Å²) in [7, 11) is -3.15. The van der Waals surface area contributed by atoms with Crippen LogP contribution in [-0.4, -0.2) is 51.0 Å². The van der Waals surface area contributed by atoms with Crippen molar-refractivity contribution in [3.8, 4) is 0 Å². The molecule has 7 heteroatoms. The highest BCUT2D eigenvalue weighted by molar-refractivity contribution is 7.90. The van der Waals surface area contributed by atoms with Gasteiger partial charge in [-0.05, 0) is 56.7 Å². The zero-order valence-corrected chi connectivity index (χ0v) is 15.8. The summed E-state index contributed by atoms with van der Waals surface area (Å²) in [4.78, 5) is 4.95. The maximum absolute atomic E-state index is 11.5. The van der Waals surface area contributed by atoms with Crippen LogP contribution in [0.5, 0.6) is 0 Å². The van der Waals surface area contributed by atoms with E-state index in [2.05, 4.69) is 15.6 Å². The third-order valence-electron chi connectivity index (χ3n) is 4.40. The van der Waals surface area contributed by atoms with Crippen molar-refractivity contribution in [2.75, 3.05) is 19.3 Å². The van der Waals surface area contributed by atoms with Crippen molar-refractivity contribution >= 4 is 15.8 Å². The Bertz CT molecular complexity index is 663. The average Bonchev–Trinajstić information content (AvgIpc) is 2.57. The van der Waals surface area contributed by atoms with Crippen LogP contribution >= 0.6 is 0 Å². The van der Waals surface area contributed by atoms with Crippen molar-refractivity contribution in [2.24, 2.45) is 4.99 Å². The van der Waals surface area contributed by atoms with Crippen LogP contribution in [0.15, 0.2) is 34.2 Å². The lowest BCUT2D eigenvalue weighted by molar-refractivity contribution is 0.120. The fourth-order valence-corrected chi connectivity index (χ4v) is 3.56. The first-order valence-electron chi connectivity index (χ1n) is 8.90. The normalized spacial score (nSPS) is 21.8. The minimum absolute atomic E-state index is 0.160. The molecule has 1 aromatic rings. The summed E-state index contributed by atoms with van der Waals surface area (Å²) in [5.41, 5.74) is 1.06. The number of nitrogens with zero attached hydrogens (tertiary/aromatic N) is 1. The van der Waals surface area contributed by atoms with Gasteiger partial charge in [0.05, 0.1) is 11.0 Å². The van der Waals surface area contributed by atoms with Gasteiger partial charge in [-0.2, -0.15) is 0 Å². The van der Waals surface area contributed by atoms with E-state index in [4.69, 9.17) is 0 Å². The largest absolute Gasteiger partial charge is 0.393 e. The van der Waals surface area contributed by atoms with Crippen molar-refractivity contribution in [2.45, 2.75) is 56.1 Å². The third-order valence-corrected chi connectivity index (χ3v) is 5.53. The van der Waals surface area contributed by atoms with Crippen LogP contribution in [0.4, 0.5) is 0 Å². The van der Waals surface area contributed by atoms with Crippen LogP contribution in [0.1, 0.15) is 38.2 Å². The molecule has 3 N–H and O–H groups in total. The van der Waals surface area contributed by atoms with Crippen molar-refractivity contribution in [3.05, 3.63) is 29.8 Å². The minimum Gasteiger partial charge on any atom is -0.393 e. The van der Waals surface area contributed by atoms with Gasteiger partial charge in [0.1, 0.15) is 0 Å². The van der Waals surface area contributed by atoms with Gasteiger partial charge in [0.15, 0.2) is 15.8 Å². The number of aliphatic hydroxyl groups excluding tert-OH is 1. The topological polar surface area (TPSA) is 90.8 Å². The molecule has 0 bridgehead atoms. The van der Waals surface area contributed by atoms with E-state index in [9.17, 15) is 13.5 Å². The smallest absolute Gasteiger partial charge is 0.191 e. The molecule has 1 aliphatic carbocycles. The SMILES string of the molecule is CCNC(=NCCc1ccc(S(C)(=O)=O)cc1)NC1CCC(O)CC1. The van der Waals surface area contributed by atoms with Crippen molar-refractivity contribution < 1.29 is 13.5 Å². The van der Waals surface area contributed by atoms with E-state index in [1.165, 1.54) is 6.26 Å². The lowest BCUT2D eigenvalue weighted by atomic mass is 9.93. The molecule has 2 rings (SSSR count). The van der Waals surface area contributed by atoms with E-state index in [0.29, 0.717) is 17.5 Å². The van der Waals surface area contributed by atoms with Gasteiger partial charge < -0.3 is 15.7 Å². The molecule has 25 heavy (non-hydrogen) atoms. The maximum Gasteiger partial charge on any atom is 0.191 e. The fraction of sp³-hybridized carbons (Fsp3) is 0.611. The summed E-state index contributed by atoms with van der Waals surface area (Å²) in [6.07, 6.45) is 5.40. The molecule has 0 amide bonds. The number of guanidine groups is 1. The predicted molar refractivity (Wildman–Crippen MR) is 101 cm³/mol. The average molecular weight is 368 g/mol. The van der Waals surface area contributed by atoms with E-state index in [1.807, 2.05) is 19.1 Å². The van der Waals surface area contributed by atoms with Crippen LogP contribution in [-0.2, 0) is 16.3 Å². The number of aliphatic imine (C=N–C) groups is 1. The van der Waals surface area contributed by atoms with Crippen LogP contribution in [0.2, 0.25) is 0 Å². The molecular formula is C18H29N3O3S. The zero-order chi connectivity index (χ0) is 18.3. The molecule has 0 spiro atoms. The Morgan fingerprint density at radius 1 is 1.20 bits per heavy atom. The fourth-order valence-electron chi connectivity index (χ4n) is 2.93. The monoisotopic (exact) mass is 367 g/mol. The Balaban J connectivity index is 1.88. The molecule has 0 atom stereocenters. The predicted octanol–water partition coefficient (Wildman–Crippen LogP) is 1.49. The molecule has 1 aromatic carbocycles. The molecular weight excluding hydrogens is 338 g/mol. The van der Waals surface area contributed by atoms with E-state index < -0.39 is 9.84 Å². The molecule has 1 aliphatic rings. The van der Waals surface area contributed by atoms with Crippen molar-refractivity contribution in [1.82, 2.24) is 10.6 Å². The lowest BCUT2D eigenvalue weighted by Gasteiger charge is -2.27. The van der Waals surface area contributed by atoms with Gasteiger partial charge in [0, 0.05) is 25.4 Å². The number of hydrogen-bond acceptors (Lipinski definition) is 4. The van der Waals surface area contributed by atoms with E-state index in [-0.39, 0.29) is 6.10 Å². The highest BCUT2D eigenvalue weighted by Gasteiger charge is 2.19. The molecule has 0 unspecified atom stereocenters. The number of sulfone groups is 1. The molecule has 0 saturated heterocycles. The molecule has 0 aliphatic heterocycles. The van der Waals surface area contributed by atoms with Gasteiger partial charge in [-0.1, -0.05) is 12.1 Å². The summed E-state index contributed by atoms with van der Waals surface area (Å²) in [5.74, 6) is 0.802. The lowest BCUT2D eigenvalue weighted by Crippen LogP contribution is -2.45. The van der Waals surface area contributed by atoms with Crippen molar-refractivity contribution in [3.63, 3.8) is 0 Å². The number of nitrogens with one attached hydrogen (secondary N) is 2. The molecule has 0 radical (unpaired) electrons. The van der Waals surface area contributed by atoms with Gasteiger partial charge in [0.2, 0.25) is 0 Å². The van der Waals surface area contributed by atoms with Crippen LogP contribution in [0.3, 0.4) is 0 Å². The first-order valence-corrected chi connectivity index (χ1v) is 10.8. The standard InChI is InChI=1S/C18H29N3O3S/c1-3-19-18(21-15-6-8-16(22)9-7-15)20-13-12-14-4-10-17(11-5-14)25(2,23)24/h4-5,10-11,15-16,22H,3,6-9,12-13H2,1-2H3,(H2,19,20,21). The van der Waals surface area contributed by atoms with Crippen LogP contribution in [0, 0.1) is 0 Å². The van der Waals surface area contributed by atoms with E-state index in [0.717, 1.165) is 50.2 Å². The van der Waals surface area contributed by atoms with Crippen LogP contribution < -0.4 is 10.6 Å². The van der Waals surface area contributed by atoms with Gasteiger partial charge in [-0.25, -0.2) is 8.42 Å². The summed E-state index contributed by atoms with van der Waals surface area (Å²) < 4.78 is 22.9. The second kappa shape index (κ2) is 9.20. The summed E-state index contributed by atoms with van der Waals surface area (Å²) in [6, 6.07) is 7.33. The van der Waals surface area contributed by atoms with Gasteiger partial charge >= 0.3 is 0 Å². The summed E-state index contributed by atoms with van der Waals surface area (Å²) >= 11 is 0. The first-order chi connectivity index (χ1) is 11.9. The van der Waals surface area contributed by atoms with Gasteiger partial charge in [-0.3, -0.25) is 4.99 Å². The second-order valence-electron chi connectivity index (χ2n) is 6.58. The second-order valence-corrected chi connectivity index (χ2v) is 8.59. The highest BCUT2D eigenvalue weighted by atomic mass is 32.2. The number of hydrogen-bond donors (Lipinski definition) is 3. The number of aliphatic hydroxyl groups is 1. The summed E-state index contributed by atoms with van der Waals surface area (Å²) in [5, 5.41) is 16.3. The maximum atomic E-state index is 11.5. The van der Waals surface area contributed by atoms with Crippen LogP contribution in [0.25, 0.3) is 0 Å². The van der Waals surface area contributed by atoms with Crippen molar-refractivity contribution in [1.29, 1.82) is 0 Å². The summed E-state index contributed by atoms with van der Waals surface area (Å²) in [6.45, 7) is 3.46. The molecule has 140 valence electrons. The molecule has 1 fully saturated rings. The molecule has 0 aromatic heterocycles. The van der Waals surface area contributed by atoms with E-state index >= 15 is 0 Å². The van der Waals surface area contributed by atoms with Gasteiger partial charge in [-0.15, -0.1) is 0 Å². The van der Waals surface area contributed by atoms with E-state index in [1.54, 1.807) is 12.1 Å². The molecule has 1 saturated carbocycles. The highest BCUT2D eigenvalue weighted by Crippen LogP contribution is 2.18. The number of benzene rings is 1.